The van der Waals surface area contributed by atoms with Crippen LogP contribution < -0.4 is 5.32 Å². The SMILES string of the molecule is CCC(C)(C)C(=O)NCc1ccccc1CN1CCCC(C)C1. The van der Waals surface area contributed by atoms with Gasteiger partial charge in [0.15, 0.2) is 0 Å². The minimum absolute atomic E-state index is 0.140. The largest absolute Gasteiger partial charge is 0.352 e. The number of hydrogen-bond acceptors (Lipinski definition) is 2. The molecule has 23 heavy (non-hydrogen) atoms. The maximum absolute atomic E-state index is 12.3. The van der Waals surface area contributed by atoms with Gasteiger partial charge in [-0.1, -0.05) is 52.0 Å². The molecule has 1 aromatic rings. The third kappa shape index (κ3) is 5.07. The average Bonchev–Trinajstić information content (AvgIpc) is 2.53. The van der Waals surface area contributed by atoms with Crippen LogP contribution in [0.25, 0.3) is 0 Å². The summed E-state index contributed by atoms with van der Waals surface area (Å²) in [5, 5.41) is 3.12. The van der Waals surface area contributed by atoms with E-state index in [2.05, 4.69) is 48.3 Å². The van der Waals surface area contributed by atoms with Crippen LogP contribution >= 0.6 is 0 Å². The summed E-state index contributed by atoms with van der Waals surface area (Å²) in [5.41, 5.74) is 2.29. The van der Waals surface area contributed by atoms with Crippen LogP contribution in [0.5, 0.6) is 0 Å². The Bertz CT molecular complexity index is 524. The third-order valence-electron chi connectivity index (χ3n) is 5.19. The monoisotopic (exact) mass is 316 g/mol. The molecule has 0 radical (unpaired) electrons. The van der Waals surface area contributed by atoms with Gasteiger partial charge in [-0.15, -0.1) is 0 Å². The first-order chi connectivity index (χ1) is 10.9. The number of nitrogens with one attached hydrogen (secondary N) is 1. The molecule has 3 heteroatoms. The molecule has 1 saturated heterocycles. The molecule has 0 bridgehead atoms. The standard InChI is InChI=1S/C20H32N2O/c1-5-20(3,4)19(23)21-13-17-10-6-7-11-18(17)15-22-12-8-9-16(2)14-22/h6-7,10-11,16H,5,8-9,12-15H2,1-4H3,(H,21,23). The highest BCUT2D eigenvalue weighted by Gasteiger charge is 2.25. The van der Waals surface area contributed by atoms with Crippen LogP contribution in [0.2, 0.25) is 0 Å². The molecule has 1 N–H and O–H groups in total. The summed E-state index contributed by atoms with van der Waals surface area (Å²) in [6.45, 7) is 12.4. The van der Waals surface area contributed by atoms with E-state index in [1.807, 2.05) is 13.8 Å². The summed E-state index contributed by atoms with van der Waals surface area (Å²) in [7, 11) is 0. The lowest BCUT2D eigenvalue weighted by Gasteiger charge is -2.31. The van der Waals surface area contributed by atoms with Crippen LogP contribution in [0.15, 0.2) is 24.3 Å². The number of likely N-dealkylation sites (tertiary alicyclic amines) is 1. The van der Waals surface area contributed by atoms with E-state index in [-0.39, 0.29) is 11.3 Å². The number of amides is 1. The predicted molar refractivity (Wildman–Crippen MR) is 96.0 cm³/mol. The van der Waals surface area contributed by atoms with Crippen molar-refractivity contribution in [3.05, 3.63) is 35.4 Å². The van der Waals surface area contributed by atoms with Gasteiger partial charge < -0.3 is 5.32 Å². The fourth-order valence-corrected chi connectivity index (χ4v) is 3.13. The molecular weight excluding hydrogens is 284 g/mol. The van der Waals surface area contributed by atoms with E-state index in [0.717, 1.165) is 18.9 Å². The van der Waals surface area contributed by atoms with Crippen LogP contribution in [0.4, 0.5) is 0 Å². The van der Waals surface area contributed by atoms with Crippen LogP contribution in [0.3, 0.4) is 0 Å². The Morgan fingerprint density at radius 1 is 1.30 bits per heavy atom. The fourth-order valence-electron chi connectivity index (χ4n) is 3.13. The zero-order valence-corrected chi connectivity index (χ0v) is 15.2. The molecule has 1 atom stereocenters. The molecule has 0 saturated carbocycles. The predicted octanol–water partition coefficient (Wildman–Crippen LogP) is 3.97. The smallest absolute Gasteiger partial charge is 0.225 e. The zero-order valence-electron chi connectivity index (χ0n) is 15.2. The van der Waals surface area contributed by atoms with Crippen molar-refractivity contribution in [1.82, 2.24) is 10.2 Å². The molecule has 1 unspecified atom stereocenters. The van der Waals surface area contributed by atoms with Crippen molar-refractivity contribution in [2.24, 2.45) is 11.3 Å². The Labute approximate surface area is 141 Å². The Morgan fingerprint density at radius 2 is 2.00 bits per heavy atom. The second-order valence-electron chi connectivity index (χ2n) is 7.67. The molecule has 128 valence electrons. The fraction of sp³-hybridized carbons (Fsp3) is 0.650. The van der Waals surface area contributed by atoms with Gasteiger partial charge in [0.2, 0.25) is 5.91 Å². The number of piperidine rings is 1. The van der Waals surface area contributed by atoms with Crippen molar-refractivity contribution in [2.75, 3.05) is 13.1 Å². The number of hydrogen-bond donors (Lipinski definition) is 1. The first-order valence-corrected chi connectivity index (χ1v) is 9.00. The molecule has 2 rings (SSSR count). The van der Waals surface area contributed by atoms with E-state index in [1.165, 1.54) is 37.1 Å². The van der Waals surface area contributed by atoms with Gasteiger partial charge in [0.05, 0.1) is 0 Å². The molecule has 1 fully saturated rings. The van der Waals surface area contributed by atoms with Gasteiger partial charge in [0, 0.05) is 25.0 Å². The summed E-state index contributed by atoms with van der Waals surface area (Å²) in [6.07, 6.45) is 3.50. The summed E-state index contributed by atoms with van der Waals surface area (Å²) in [6, 6.07) is 8.51. The second-order valence-corrected chi connectivity index (χ2v) is 7.67. The molecular formula is C20H32N2O. The number of nitrogens with zero attached hydrogens (tertiary/aromatic N) is 1. The molecule has 1 amide bonds. The minimum Gasteiger partial charge on any atom is -0.352 e. The van der Waals surface area contributed by atoms with Crippen molar-refractivity contribution in [3.63, 3.8) is 0 Å². The molecule has 3 nitrogen and oxygen atoms in total. The van der Waals surface area contributed by atoms with Gasteiger partial charge >= 0.3 is 0 Å². The molecule has 0 spiro atoms. The topological polar surface area (TPSA) is 32.3 Å². The van der Waals surface area contributed by atoms with Crippen molar-refractivity contribution in [3.8, 4) is 0 Å². The maximum atomic E-state index is 12.3. The highest BCUT2D eigenvalue weighted by atomic mass is 16.2. The summed E-state index contributed by atoms with van der Waals surface area (Å²) >= 11 is 0. The maximum Gasteiger partial charge on any atom is 0.225 e. The highest BCUT2D eigenvalue weighted by molar-refractivity contribution is 5.81. The van der Waals surface area contributed by atoms with Gasteiger partial charge in [0.25, 0.3) is 0 Å². The lowest BCUT2D eigenvalue weighted by molar-refractivity contribution is -0.129. The van der Waals surface area contributed by atoms with Gasteiger partial charge in [-0.3, -0.25) is 9.69 Å². The number of benzene rings is 1. The van der Waals surface area contributed by atoms with Gasteiger partial charge in [-0.2, -0.15) is 0 Å². The lowest BCUT2D eigenvalue weighted by atomic mass is 9.89. The highest BCUT2D eigenvalue weighted by Crippen LogP contribution is 2.21. The zero-order chi connectivity index (χ0) is 16.9. The van der Waals surface area contributed by atoms with Crippen molar-refractivity contribution < 1.29 is 4.79 Å². The lowest BCUT2D eigenvalue weighted by Crippen LogP contribution is -2.37. The van der Waals surface area contributed by atoms with E-state index in [0.29, 0.717) is 6.54 Å². The summed E-state index contributed by atoms with van der Waals surface area (Å²) < 4.78 is 0. The van der Waals surface area contributed by atoms with E-state index < -0.39 is 0 Å². The number of rotatable bonds is 6. The summed E-state index contributed by atoms with van der Waals surface area (Å²) in [4.78, 5) is 14.8. The molecule has 0 aromatic heterocycles. The third-order valence-corrected chi connectivity index (χ3v) is 5.19. The number of carbonyl (C=O) groups excluding carboxylic acids is 1. The van der Waals surface area contributed by atoms with E-state index in [9.17, 15) is 4.79 Å². The first kappa shape index (κ1) is 18.0. The Kier molecular flexibility index (Phi) is 6.23. The van der Waals surface area contributed by atoms with Gasteiger partial charge in [-0.25, -0.2) is 0 Å². The molecule has 1 heterocycles. The van der Waals surface area contributed by atoms with Gasteiger partial charge in [-0.05, 0) is 42.9 Å². The van der Waals surface area contributed by atoms with Crippen LogP contribution in [0.1, 0.15) is 58.1 Å². The Balaban J connectivity index is 1.99. The van der Waals surface area contributed by atoms with E-state index >= 15 is 0 Å². The van der Waals surface area contributed by atoms with Crippen LogP contribution in [0, 0.1) is 11.3 Å². The van der Waals surface area contributed by atoms with Crippen molar-refractivity contribution in [1.29, 1.82) is 0 Å². The second kappa shape index (κ2) is 7.96. The van der Waals surface area contributed by atoms with Gasteiger partial charge in [0.1, 0.15) is 0 Å². The van der Waals surface area contributed by atoms with Crippen LogP contribution in [-0.2, 0) is 17.9 Å². The van der Waals surface area contributed by atoms with E-state index in [4.69, 9.17) is 0 Å². The molecule has 1 aliphatic heterocycles. The normalized spacial score (nSPS) is 19.6. The average molecular weight is 316 g/mol. The number of carbonyl (C=O) groups is 1. The molecule has 1 aliphatic rings. The Morgan fingerprint density at radius 3 is 2.65 bits per heavy atom. The van der Waals surface area contributed by atoms with Crippen molar-refractivity contribution in [2.45, 2.75) is 60.0 Å². The van der Waals surface area contributed by atoms with Crippen molar-refractivity contribution >= 4 is 5.91 Å². The summed E-state index contributed by atoms with van der Waals surface area (Å²) in [5.74, 6) is 0.933. The van der Waals surface area contributed by atoms with Crippen LogP contribution in [-0.4, -0.2) is 23.9 Å². The van der Waals surface area contributed by atoms with E-state index in [1.54, 1.807) is 0 Å². The quantitative estimate of drug-likeness (QED) is 0.861. The Hall–Kier alpha value is -1.35. The molecule has 1 aromatic carbocycles. The molecule has 0 aliphatic carbocycles. The minimum atomic E-state index is -0.294. The first-order valence-electron chi connectivity index (χ1n) is 9.00.